The fraction of sp³-hybridized carbons (Fsp3) is 0.111. The van der Waals surface area contributed by atoms with Gasteiger partial charge in [0.1, 0.15) is 6.61 Å². The van der Waals surface area contributed by atoms with Crippen molar-refractivity contribution in [2.24, 2.45) is 0 Å². The zero-order chi connectivity index (χ0) is 8.97. The summed E-state index contributed by atoms with van der Waals surface area (Å²) in [5.74, 6) is 2.62. The summed E-state index contributed by atoms with van der Waals surface area (Å²) in [6.07, 6.45) is 0. The van der Waals surface area contributed by atoms with Crippen LogP contribution in [0.25, 0.3) is 0 Å². The van der Waals surface area contributed by atoms with Crippen molar-refractivity contribution < 1.29 is 13.9 Å². The molecular weight excluding hydrogens is 162 g/mol. The van der Waals surface area contributed by atoms with Gasteiger partial charge in [0.15, 0.2) is 11.6 Å². The van der Waals surface area contributed by atoms with Crippen molar-refractivity contribution in [3.63, 3.8) is 0 Å². The fourth-order valence-electron chi connectivity index (χ4n) is 0.735. The molecule has 0 fully saturated rings. The molecule has 1 nitrogen and oxygen atoms in total. The number of rotatable bonds is 0. The first-order valence-electron chi connectivity index (χ1n) is 3.29. The van der Waals surface area contributed by atoms with Crippen LogP contribution in [0.4, 0.5) is 8.78 Å². The number of aliphatic hydroxyl groups excluding tert-OH is 1. The number of halogens is 2. The maximum atomic E-state index is 12.8. The van der Waals surface area contributed by atoms with Gasteiger partial charge < -0.3 is 5.11 Å². The van der Waals surface area contributed by atoms with Crippen molar-refractivity contribution in [3.05, 3.63) is 35.4 Å². The molecule has 1 N–H and O–H groups in total. The molecule has 0 heterocycles. The second kappa shape index (κ2) is 3.84. The van der Waals surface area contributed by atoms with E-state index >= 15 is 0 Å². The van der Waals surface area contributed by atoms with Gasteiger partial charge in [-0.1, -0.05) is 17.9 Å². The molecule has 62 valence electrons. The van der Waals surface area contributed by atoms with E-state index in [1.165, 1.54) is 12.1 Å². The van der Waals surface area contributed by atoms with E-state index in [0.29, 0.717) is 0 Å². The normalized spacial score (nSPS) is 8.92. The summed E-state index contributed by atoms with van der Waals surface area (Å²) in [5, 5.41) is 8.30. The van der Waals surface area contributed by atoms with Crippen LogP contribution in [0, 0.1) is 23.5 Å². The number of hydrogen-bond donors (Lipinski definition) is 1. The minimum Gasteiger partial charge on any atom is -0.384 e. The molecule has 0 atom stereocenters. The minimum absolute atomic E-state index is 0.0379. The van der Waals surface area contributed by atoms with E-state index in [0.717, 1.165) is 6.07 Å². The number of hydrogen-bond acceptors (Lipinski definition) is 1. The Morgan fingerprint density at radius 2 is 2.08 bits per heavy atom. The van der Waals surface area contributed by atoms with Crippen LogP contribution in [0.5, 0.6) is 0 Å². The average molecular weight is 168 g/mol. The number of benzene rings is 1. The second-order valence-corrected chi connectivity index (χ2v) is 2.06. The van der Waals surface area contributed by atoms with E-state index in [2.05, 4.69) is 11.8 Å². The van der Waals surface area contributed by atoms with Crippen molar-refractivity contribution in [3.8, 4) is 11.8 Å². The lowest BCUT2D eigenvalue weighted by Crippen LogP contribution is -1.88. The molecule has 1 aromatic rings. The molecule has 0 saturated carbocycles. The second-order valence-electron chi connectivity index (χ2n) is 2.06. The van der Waals surface area contributed by atoms with Gasteiger partial charge in [0, 0.05) is 0 Å². The molecule has 0 unspecified atom stereocenters. The highest BCUT2D eigenvalue weighted by Gasteiger charge is 2.03. The highest BCUT2D eigenvalue weighted by atomic mass is 19.2. The van der Waals surface area contributed by atoms with Gasteiger partial charge in [0.05, 0.1) is 5.56 Å². The fourth-order valence-corrected chi connectivity index (χ4v) is 0.735. The Labute approximate surface area is 68.7 Å². The van der Waals surface area contributed by atoms with Crippen LogP contribution in [-0.2, 0) is 0 Å². The van der Waals surface area contributed by atoms with Gasteiger partial charge in [-0.05, 0) is 12.1 Å². The maximum absolute atomic E-state index is 12.8. The van der Waals surface area contributed by atoms with Gasteiger partial charge in [-0.2, -0.15) is 0 Å². The standard InChI is InChI=1S/C9H6F2O/c10-8-5-1-3-7(9(8)11)4-2-6-12/h1,3,5,12H,6H2. The minimum atomic E-state index is -0.974. The Kier molecular flexibility index (Phi) is 2.78. The van der Waals surface area contributed by atoms with Crippen molar-refractivity contribution in [1.29, 1.82) is 0 Å². The monoisotopic (exact) mass is 168 g/mol. The quantitative estimate of drug-likeness (QED) is 0.579. The largest absolute Gasteiger partial charge is 0.384 e. The molecule has 0 aliphatic heterocycles. The third kappa shape index (κ3) is 1.80. The average Bonchev–Trinajstić information content (AvgIpc) is 2.08. The summed E-state index contributed by atoms with van der Waals surface area (Å²) in [7, 11) is 0. The van der Waals surface area contributed by atoms with Crippen molar-refractivity contribution >= 4 is 0 Å². The summed E-state index contributed by atoms with van der Waals surface area (Å²) in [6.45, 7) is -0.365. The maximum Gasteiger partial charge on any atom is 0.174 e. The lowest BCUT2D eigenvalue weighted by molar-refractivity contribution is 0.350. The van der Waals surface area contributed by atoms with Crippen LogP contribution < -0.4 is 0 Å². The highest BCUT2D eigenvalue weighted by Crippen LogP contribution is 2.09. The van der Waals surface area contributed by atoms with Crippen LogP contribution in [-0.4, -0.2) is 11.7 Å². The molecule has 3 heteroatoms. The van der Waals surface area contributed by atoms with Gasteiger partial charge in [-0.15, -0.1) is 0 Å². The molecule has 1 rings (SSSR count). The summed E-state index contributed by atoms with van der Waals surface area (Å²) >= 11 is 0. The van der Waals surface area contributed by atoms with E-state index in [4.69, 9.17) is 5.11 Å². The summed E-state index contributed by atoms with van der Waals surface area (Å²) < 4.78 is 25.3. The van der Waals surface area contributed by atoms with Crippen molar-refractivity contribution in [1.82, 2.24) is 0 Å². The van der Waals surface area contributed by atoms with Crippen LogP contribution >= 0.6 is 0 Å². The first-order chi connectivity index (χ1) is 5.75. The van der Waals surface area contributed by atoms with Crippen LogP contribution in [0.3, 0.4) is 0 Å². The first kappa shape index (κ1) is 8.69. The Morgan fingerprint density at radius 1 is 1.33 bits per heavy atom. The molecule has 1 aromatic carbocycles. The van der Waals surface area contributed by atoms with Crippen LogP contribution in [0.15, 0.2) is 18.2 Å². The zero-order valence-corrected chi connectivity index (χ0v) is 6.14. The van der Waals surface area contributed by atoms with E-state index in [-0.39, 0.29) is 12.2 Å². The van der Waals surface area contributed by atoms with Gasteiger partial charge in [-0.3, -0.25) is 0 Å². The molecular formula is C9H6F2O. The third-order valence-electron chi connectivity index (χ3n) is 1.25. The van der Waals surface area contributed by atoms with Gasteiger partial charge in [-0.25, -0.2) is 8.78 Å². The predicted molar refractivity (Wildman–Crippen MR) is 40.3 cm³/mol. The molecule has 0 aliphatic rings. The summed E-state index contributed by atoms with van der Waals surface area (Å²) in [5.41, 5.74) is -0.0379. The smallest absolute Gasteiger partial charge is 0.174 e. The van der Waals surface area contributed by atoms with Crippen LogP contribution in [0.1, 0.15) is 5.56 Å². The lowest BCUT2D eigenvalue weighted by Gasteiger charge is -1.93. The van der Waals surface area contributed by atoms with E-state index in [1.54, 1.807) is 0 Å². The predicted octanol–water partition coefficient (Wildman–Crippen LogP) is 1.31. The van der Waals surface area contributed by atoms with Gasteiger partial charge in [0.2, 0.25) is 0 Å². The van der Waals surface area contributed by atoms with Gasteiger partial charge >= 0.3 is 0 Å². The molecule has 0 spiro atoms. The molecule has 0 radical (unpaired) electrons. The van der Waals surface area contributed by atoms with E-state index in [1.807, 2.05) is 0 Å². The SMILES string of the molecule is OCC#Cc1cccc(F)c1F. The zero-order valence-electron chi connectivity index (χ0n) is 6.14. The Morgan fingerprint density at radius 3 is 2.75 bits per heavy atom. The molecule has 0 aromatic heterocycles. The Hall–Kier alpha value is -1.40. The van der Waals surface area contributed by atoms with E-state index < -0.39 is 11.6 Å². The van der Waals surface area contributed by atoms with Crippen molar-refractivity contribution in [2.75, 3.05) is 6.61 Å². The molecule has 0 amide bonds. The number of aliphatic hydroxyl groups is 1. The van der Waals surface area contributed by atoms with Crippen LogP contribution in [0.2, 0.25) is 0 Å². The Bertz CT molecular complexity index is 336. The molecule has 0 aliphatic carbocycles. The van der Waals surface area contributed by atoms with E-state index in [9.17, 15) is 8.78 Å². The Balaban J connectivity index is 3.08. The third-order valence-corrected chi connectivity index (χ3v) is 1.25. The molecule has 12 heavy (non-hydrogen) atoms. The van der Waals surface area contributed by atoms with Crippen molar-refractivity contribution in [2.45, 2.75) is 0 Å². The molecule has 0 bridgehead atoms. The first-order valence-corrected chi connectivity index (χ1v) is 3.29. The summed E-state index contributed by atoms with van der Waals surface area (Å²) in [6, 6.07) is 3.72. The topological polar surface area (TPSA) is 20.2 Å². The lowest BCUT2D eigenvalue weighted by atomic mass is 10.2. The highest BCUT2D eigenvalue weighted by molar-refractivity contribution is 5.35. The summed E-state index contributed by atoms with van der Waals surface area (Å²) in [4.78, 5) is 0. The molecule has 0 saturated heterocycles. The van der Waals surface area contributed by atoms with Gasteiger partial charge in [0.25, 0.3) is 0 Å².